The lowest BCUT2D eigenvalue weighted by atomic mass is 9.96. The van der Waals surface area contributed by atoms with Gasteiger partial charge in [-0.2, -0.15) is 0 Å². The van der Waals surface area contributed by atoms with Crippen LogP contribution < -0.4 is 10.8 Å². The van der Waals surface area contributed by atoms with Gasteiger partial charge >= 0.3 is 0 Å². The van der Waals surface area contributed by atoms with Crippen LogP contribution in [0.5, 0.6) is 0 Å². The predicted molar refractivity (Wildman–Crippen MR) is 127 cm³/mol. The molecule has 1 aromatic carbocycles. The van der Waals surface area contributed by atoms with Gasteiger partial charge in [-0.25, -0.2) is 10.5 Å². The van der Waals surface area contributed by atoms with Crippen molar-refractivity contribution in [1.29, 1.82) is 0 Å². The van der Waals surface area contributed by atoms with Crippen LogP contribution in [-0.2, 0) is 22.6 Å². The molecule has 0 aliphatic heterocycles. The Morgan fingerprint density at radius 3 is 2.56 bits per heavy atom. The molecule has 8 heteroatoms. The smallest absolute Gasteiger partial charge is 0.267 e. The molecule has 0 spiro atoms. The van der Waals surface area contributed by atoms with Crippen LogP contribution in [-0.4, -0.2) is 57.7 Å². The Morgan fingerprint density at radius 2 is 1.94 bits per heavy atom. The van der Waals surface area contributed by atoms with Crippen LogP contribution in [0.25, 0.3) is 17.1 Å². The largest absolute Gasteiger partial charge is 0.356 e. The minimum atomic E-state index is -0.576. The molecule has 3 N–H and O–H groups in total. The van der Waals surface area contributed by atoms with Gasteiger partial charge in [0.1, 0.15) is 5.82 Å². The van der Waals surface area contributed by atoms with Crippen molar-refractivity contribution < 1.29 is 14.8 Å². The number of benzene rings is 1. The van der Waals surface area contributed by atoms with Gasteiger partial charge < -0.3 is 14.8 Å². The summed E-state index contributed by atoms with van der Waals surface area (Å²) in [5, 5.41) is 11.7. The molecule has 1 aromatic heterocycles. The summed E-state index contributed by atoms with van der Waals surface area (Å²) in [7, 11) is 0. The van der Waals surface area contributed by atoms with Gasteiger partial charge in [-0.15, -0.1) is 0 Å². The maximum absolute atomic E-state index is 12.1. The molecule has 0 saturated heterocycles. The number of carbonyl (C=O) groups excluding carboxylic acids is 2. The summed E-state index contributed by atoms with van der Waals surface area (Å²) in [5.74, 6) is 0.468. The molecule has 0 saturated carbocycles. The van der Waals surface area contributed by atoms with Gasteiger partial charge in [0.25, 0.3) is 5.91 Å². The van der Waals surface area contributed by atoms with Gasteiger partial charge in [-0.3, -0.25) is 14.8 Å². The normalized spacial score (nSPS) is 12.1. The van der Waals surface area contributed by atoms with Crippen LogP contribution in [0, 0.1) is 5.41 Å². The van der Waals surface area contributed by atoms with Crippen molar-refractivity contribution in [3.63, 3.8) is 0 Å². The predicted octanol–water partition coefficient (Wildman–Crippen LogP) is 2.99. The van der Waals surface area contributed by atoms with E-state index in [1.807, 2.05) is 39.0 Å². The number of hydroxylamine groups is 1. The van der Waals surface area contributed by atoms with E-state index in [-0.39, 0.29) is 5.91 Å². The third-order valence-corrected chi connectivity index (χ3v) is 5.47. The van der Waals surface area contributed by atoms with Crippen molar-refractivity contribution in [2.45, 2.75) is 54.0 Å². The van der Waals surface area contributed by atoms with Gasteiger partial charge in [0, 0.05) is 37.5 Å². The highest BCUT2D eigenvalue weighted by atomic mass is 16.5. The summed E-state index contributed by atoms with van der Waals surface area (Å²) >= 11 is 0. The second-order valence-corrected chi connectivity index (χ2v) is 8.87. The van der Waals surface area contributed by atoms with E-state index >= 15 is 0 Å². The number of nitrogens with one attached hydrogen (secondary N) is 2. The van der Waals surface area contributed by atoms with Crippen molar-refractivity contribution in [2.24, 2.45) is 5.41 Å². The fourth-order valence-corrected chi connectivity index (χ4v) is 3.44. The van der Waals surface area contributed by atoms with E-state index in [1.54, 1.807) is 11.6 Å². The summed E-state index contributed by atoms with van der Waals surface area (Å²) < 4.78 is 2.26. The van der Waals surface area contributed by atoms with Crippen molar-refractivity contribution in [2.75, 3.05) is 26.2 Å². The monoisotopic (exact) mass is 443 g/mol. The van der Waals surface area contributed by atoms with Crippen molar-refractivity contribution in [3.05, 3.63) is 35.7 Å². The zero-order valence-corrected chi connectivity index (χ0v) is 19.9. The van der Waals surface area contributed by atoms with Gasteiger partial charge in [0.2, 0.25) is 5.91 Å². The zero-order valence-electron chi connectivity index (χ0n) is 19.9. The lowest BCUT2D eigenvalue weighted by Gasteiger charge is -2.19. The molecule has 2 amide bonds. The van der Waals surface area contributed by atoms with Gasteiger partial charge in [-0.1, -0.05) is 40.7 Å². The first-order valence-corrected chi connectivity index (χ1v) is 11.3. The Morgan fingerprint density at radius 1 is 1.22 bits per heavy atom. The maximum atomic E-state index is 12.1. The molecule has 2 aromatic rings. The molecule has 32 heavy (non-hydrogen) atoms. The first kappa shape index (κ1) is 25.5. The van der Waals surface area contributed by atoms with Crippen molar-refractivity contribution >= 4 is 28.9 Å². The van der Waals surface area contributed by atoms with Crippen LogP contribution in [0.15, 0.2) is 24.3 Å². The fourth-order valence-electron chi connectivity index (χ4n) is 3.44. The standard InChI is InChI=1S/C24H37N5O3/c1-6-28(7-2)15-16-29-20-12-10-18(11-13-22(30)27-32)17-19(20)26-21(29)9-8-14-25-23(31)24(3,4)5/h10-13,17,32H,6-9,14-16H2,1-5H3,(H,25,31)(H,27,30). The van der Waals surface area contributed by atoms with Crippen molar-refractivity contribution in [1.82, 2.24) is 25.2 Å². The molecule has 1 heterocycles. The molecule has 2 rings (SSSR count). The molecule has 8 nitrogen and oxygen atoms in total. The van der Waals surface area contributed by atoms with Crippen LogP contribution >= 0.6 is 0 Å². The highest BCUT2D eigenvalue weighted by Crippen LogP contribution is 2.20. The number of aromatic nitrogens is 2. The Labute approximate surface area is 190 Å². The Bertz CT molecular complexity index is 939. The van der Waals surface area contributed by atoms with E-state index in [0.29, 0.717) is 6.54 Å². The lowest BCUT2D eigenvalue weighted by molar-refractivity contribution is -0.128. The van der Waals surface area contributed by atoms with E-state index in [4.69, 9.17) is 10.2 Å². The molecule has 0 unspecified atom stereocenters. The number of likely N-dealkylation sites (N-methyl/N-ethyl adjacent to an activating group) is 1. The van der Waals surface area contributed by atoms with E-state index < -0.39 is 11.3 Å². The number of fused-ring (bicyclic) bond motifs is 1. The van der Waals surface area contributed by atoms with E-state index in [0.717, 1.165) is 61.4 Å². The third kappa shape index (κ3) is 7.17. The SMILES string of the molecule is CCN(CC)CCn1c(CCCNC(=O)C(C)(C)C)nc2cc(C=CC(=O)NO)ccc21. The molecular weight excluding hydrogens is 406 g/mol. The number of nitrogens with zero attached hydrogens (tertiary/aromatic N) is 3. The van der Waals surface area contributed by atoms with Gasteiger partial charge in [0.15, 0.2) is 0 Å². The first-order chi connectivity index (χ1) is 15.2. The van der Waals surface area contributed by atoms with E-state index in [1.165, 1.54) is 6.08 Å². The summed E-state index contributed by atoms with van der Waals surface area (Å²) in [6, 6.07) is 5.90. The Balaban J connectivity index is 2.21. The summed E-state index contributed by atoms with van der Waals surface area (Å²) in [6.45, 7) is 14.4. The second-order valence-electron chi connectivity index (χ2n) is 8.87. The molecule has 176 valence electrons. The summed E-state index contributed by atoms with van der Waals surface area (Å²) in [5.41, 5.74) is 3.94. The van der Waals surface area contributed by atoms with E-state index in [2.05, 4.69) is 28.6 Å². The quantitative estimate of drug-likeness (QED) is 0.215. The molecule has 0 atom stereocenters. The first-order valence-electron chi connectivity index (χ1n) is 11.3. The molecule has 0 aliphatic carbocycles. The molecule has 0 aliphatic rings. The topological polar surface area (TPSA) is 99.5 Å². The number of rotatable bonds is 11. The molecule has 0 bridgehead atoms. The minimum Gasteiger partial charge on any atom is -0.356 e. The number of hydrogen-bond acceptors (Lipinski definition) is 5. The molecule has 0 radical (unpaired) electrons. The maximum Gasteiger partial charge on any atom is 0.267 e. The summed E-state index contributed by atoms with van der Waals surface area (Å²) in [6.07, 6.45) is 4.48. The average molecular weight is 444 g/mol. The molecular formula is C24H37N5O3. The van der Waals surface area contributed by atoms with Crippen LogP contribution in [0.4, 0.5) is 0 Å². The lowest BCUT2D eigenvalue weighted by Crippen LogP contribution is -2.35. The van der Waals surface area contributed by atoms with Gasteiger partial charge in [-0.05, 0) is 43.3 Å². The number of hydrogen-bond donors (Lipinski definition) is 3. The number of aryl methyl sites for hydroxylation is 1. The van der Waals surface area contributed by atoms with Crippen molar-refractivity contribution in [3.8, 4) is 0 Å². The highest BCUT2D eigenvalue weighted by molar-refractivity contribution is 5.91. The average Bonchev–Trinajstić information content (AvgIpc) is 3.11. The van der Waals surface area contributed by atoms with Gasteiger partial charge in [0.05, 0.1) is 11.0 Å². The third-order valence-electron chi connectivity index (χ3n) is 5.47. The van der Waals surface area contributed by atoms with E-state index in [9.17, 15) is 9.59 Å². The van der Waals surface area contributed by atoms with Crippen LogP contribution in [0.1, 0.15) is 52.4 Å². The fraction of sp³-hybridized carbons (Fsp3) is 0.542. The Kier molecular flexibility index (Phi) is 9.41. The number of amides is 2. The molecule has 0 fully saturated rings. The van der Waals surface area contributed by atoms with Crippen LogP contribution in [0.3, 0.4) is 0 Å². The second kappa shape index (κ2) is 11.8. The zero-order chi connectivity index (χ0) is 23.7. The highest BCUT2D eigenvalue weighted by Gasteiger charge is 2.20. The van der Waals surface area contributed by atoms with Crippen LogP contribution in [0.2, 0.25) is 0 Å². The number of carbonyl (C=O) groups is 2. The summed E-state index contributed by atoms with van der Waals surface area (Å²) in [4.78, 5) is 30.6. The number of imidazole rings is 1. The minimum absolute atomic E-state index is 0.0517. The Hall–Kier alpha value is -2.71.